The predicted octanol–water partition coefficient (Wildman–Crippen LogP) is 4.14. The highest BCUT2D eigenvalue weighted by Crippen LogP contribution is 2.23. The van der Waals surface area contributed by atoms with Crippen LogP contribution >= 0.6 is 0 Å². The third kappa shape index (κ3) is 4.72. The second-order valence-corrected chi connectivity index (χ2v) is 6.78. The molecule has 1 N–H and O–H groups in total. The van der Waals surface area contributed by atoms with Crippen molar-refractivity contribution in [1.82, 2.24) is 20.0 Å². The van der Waals surface area contributed by atoms with Gasteiger partial charge in [-0.15, -0.1) is 10.2 Å². The van der Waals surface area contributed by atoms with Gasteiger partial charge in [-0.05, 0) is 49.4 Å². The number of aryl methyl sites for hydroxylation is 3. The van der Waals surface area contributed by atoms with Gasteiger partial charge in [0.1, 0.15) is 17.2 Å². The summed E-state index contributed by atoms with van der Waals surface area (Å²) in [4.78, 5) is 12.2. The number of carbonyl (C=O) groups excluding carboxylic acids is 1. The van der Waals surface area contributed by atoms with Crippen molar-refractivity contribution in [2.24, 2.45) is 7.05 Å². The largest absolute Gasteiger partial charge is 0.457 e. The average Bonchev–Trinajstić information content (AvgIpc) is 3.34. The molecule has 8 nitrogen and oxygen atoms in total. The number of rotatable bonds is 7. The molecule has 0 spiro atoms. The number of hydrogen-bond donors (Lipinski definition) is 1. The zero-order valence-corrected chi connectivity index (χ0v) is 16.7. The van der Waals surface area contributed by atoms with Gasteiger partial charge in [0.15, 0.2) is 0 Å². The van der Waals surface area contributed by atoms with Crippen molar-refractivity contribution in [2.45, 2.75) is 19.8 Å². The summed E-state index contributed by atoms with van der Waals surface area (Å²) in [5.74, 6) is 2.12. The highest BCUT2D eigenvalue weighted by Gasteiger charge is 2.14. The van der Waals surface area contributed by atoms with Crippen LogP contribution < -0.4 is 10.1 Å². The minimum absolute atomic E-state index is 0.136. The highest BCUT2D eigenvalue weighted by molar-refractivity contribution is 5.90. The third-order valence-electron chi connectivity index (χ3n) is 4.37. The lowest BCUT2D eigenvalue weighted by Gasteiger charge is -2.07. The van der Waals surface area contributed by atoms with E-state index in [-0.39, 0.29) is 12.3 Å². The summed E-state index contributed by atoms with van der Waals surface area (Å²) in [6, 6.07) is 18.6. The van der Waals surface area contributed by atoms with E-state index in [0.29, 0.717) is 29.6 Å². The summed E-state index contributed by atoms with van der Waals surface area (Å²) < 4.78 is 13.1. The average molecular weight is 403 g/mol. The van der Waals surface area contributed by atoms with Crippen molar-refractivity contribution < 1.29 is 13.9 Å². The number of nitrogens with one attached hydrogen (secondary N) is 1. The maximum Gasteiger partial charge on any atom is 0.265 e. The van der Waals surface area contributed by atoms with Gasteiger partial charge in [0, 0.05) is 25.6 Å². The van der Waals surface area contributed by atoms with E-state index < -0.39 is 0 Å². The van der Waals surface area contributed by atoms with E-state index in [1.807, 2.05) is 62.5 Å². The molecule has 30 heavy (non-hydrogen) atoms. The molecule has 2 aromatic heterocycles. The van der Waals surface area contributed by atoms with Crippen LogP contribution in [0.15, 0.2) is 65.1 Å². The van der Waals surface area contributed by atoms with Crippen molar-refractivity contribution in [3.05, 3.63) is 72.2 Å². The summed E-state index contributed by atoms with van der Waals surface area (Å²) in [5, 5.41) is 15.2. The predicted molar refractivity (Wildman–Crippen MR) is 111 cm³/mol. The molecule has 0 aliphatic heterocycles. The molecule has 0 radical (unpaired) electrons. The number of benzene rings is 2. The Kier molecular flexibility index (Phi) is 5.56. The van der Waals surface area contributed by atoms with Crippen LogP contribution in [0.25, 0.3) is 11.6 Å². The van der Waals surface area contributed by atoms with Gasteiger partial charge < -0.3 is 14.5 Å². The molecule has 0 atom stereocenters. The maximum atomic E-state index is 12.2. The van der Waals surface area contributed by atoms with Gasteiger partial charge in [-0.25, -0.2) is 0 Å². The first-order chi connectivity index (χ1) is 14.6. The summed E-state index contributed by atoms with van der Waals surface area (Å²) in [7, 11) is 1.82. The lowest BCUT2D eigenvalue weighted by molar-refractivity contribution is -0.116. The SMILES string of the molecule is Cc1cc(-c2nnc(CCC(=O)Nc3ccc(Oc4ccccc4)cc3)o2)n(C)n1. The zero-order valence-electron chi connectivity index (χ0n) is 16.7. The van der Waals surface area contributed by atoms with Gasteiger partial charge in [-0.1, -0.05) is 18.2 Å². The summed E-state index contributed by atoms with van der Waals surface area (Å²) >= 11 is 0. The van der Waals surface area contributed by atoms with E-state index in [1.54, 1.807) is 16.8 Å². The Bertz CT molecular complexity index is 1130. The lowest BCUT2D eigenvalue weighted by Crippen LogP contribution is -2.12. The first kappa shape index (κ1) is 19.4. The van der Waals surface area contributed by atoms with E-state index in [1.165, 1.54) is 0 Å². The Morgan fingerprint density at radius 2 is 1.80 bits per heavy atom. The molecule has 0 unspecified atom stereocenters. The number of nitrogens with zero attached hydrogens (tertiary/aromatic N) is 4. The maximum absolute atomic E-state index is 12.2. The molecule has 0 saturated heterocycles. The van der Waals surface area contributed by atoms with Crippen molar-refractivity contribution >= 4 is 11.6 Å². The normalized spacial score (nSPS) is 10.7. The van der Waals surface area contributed by atoms with E-state index >= 15 is 0 Å². The standard InChI is InChI=1S/C22H21N5O3/c1-15-14-19(27(2)26-15)22-25-24-21(30-22)13-12-20(28)23-16-8-10-18(11-9-16)29-17-6-4-3-5-7-17/h3-11,14H,12-13H2,1-2H3,(H,23,28). The fraction of sp³-hybridized carbons (Fsp3) is 0.182. The van der Waals surface area contributed by atoms with Crippen LogP contribution in [-0.2, 0) is 18.3 Å². The van der Waals surface area contributed by atoms with Gasteiger partial charge in [0.05, 0.1) is 5.69 Å². The Morgan fingerprint density at radius 1 is 1.07 bits per heavy atom. The molecule has 0 fully saturated rings. The van der Waals surface area contributed by atoms with Crippen LogP contribution in [0.5, 0.6) is 11.5 Å². The number of para-hydroxylation sites is 1. The number of aromatic nitrogens is 4. The van der Waals surface area contributed by atoms with Crippen LogP contribution in [0.1, 0.15) is 18.0 Å². The molecule has 8 heteroatoms. The van der Waals surface area contributed by atoms with E-state index in [4.69, 9.17) is 9.15 Å². The molecule has 4 aromatic rings. The Morgan fingerprint density at radius 3 is 2.50 bits per heavy atom. The molecule has 0 aliphatic carbocycles. The molecule has 2 heterocycles. The van der Waals surface area contributed by atoms with E-state index in [9.17, 15) is 4.79 Å². The topological polar surface area (TPSA) is 95.1 Å². The van der Waals surface area contributed by atoms with Gasteiger partial charge in [0.25, 0.3) is 5.89 Å². The van der Waals surface area contributed by atoms with Crippen LogP contribution in [0, 0.1) is 6.92 Å². The van der Waals surface area contributed by atoms with Crippen molar-refractivity contribution in [1.29, 1.82) is 0 Å². The summed E-state index contributed by atoms with van der Waals surface area (Å²) in [5.41, 5.74) is 2.30. The number of carbonyl (C=O) groups is 1. The Balaban J connectivity index is 1.29. The van der Waals surface area contributed by atoms with Crippen molar-refractivity contribution in [2.75, 3.05) is 5.32 Å². The smallest absolute Gasteiger partial charge is 0.265 e. The Labute approximate surface area is 173 Å². The second kappa shape index (κ2) is 8.60. The quantitative estimate of drug-likeness (QED) is 0.498. The van der Waals surface area contributed by atoms with Crippen LogP contribution in [0.3, 0.4) is 0 Å². The van der Waals surface area contributed by atoms with Crippen LogP contribution in [0.4, 0.5) is 5.69 Å². The monoisotopic (exact) mass is 403 g/mol. The number of hydrogen-bond acceptors (Lipinski definition) is 6. The first-order valence-corrected chi connectivity index (χ1v) is 9.53. The third-order valence-corrected chi connectivity index (χ3v) is 4.37. The number of anilines is 1. The Hall–Kier alpha value is -3.94. The molecule has 1 amide bonds. The van der Waals surface area contributed by atoms with Gasteiger partial charge >= 0.3 is 0 Å². The zero-order chi connectivity index (χ0) is 20.9. The molecule has 152 valence electrons. The molecular weight excluding hydrogens is 382 g/mol. The minimum atomic E-state index is -0.136. The fourth-order valence-corrected chi connectivity index (χ4v) is 2.94. The fourth-order valence-electron chi connectivity index (χ4n) is 2.94. The molecule has 0 saturated carbocycles. The number of ether oxygens (including phenoxy) is 1. The number of amides is 1. The van der Waals surface area contributed by atoms with Gasteiger partial charge in [0.2, 0.25) is 11.8 Å². The first-order valence-electron chi connectivity index (χ1n) is 9.53. The van der Waals surface area contributed by atoms with Gasteiger partial charge in [-0.2, -0.15) is 5.10 Å². The molecule has 2 aromatic carbocycles. The van der Waals surface area contributed by atoms with E-state index in [0.717, 1.165) is 17.1 Å². The van der Waals surface area contributed by atoms with Gasteiger partial charge in [-0.3, -0.25) is 9.48 Å². The molecule has 4 rings (SSSR count). The molecular formula is C22H21N5O3. The second-order valence-electron chi connectivity index (χ2n) is 6.78. The van der Waals surface area contributed by atoms with Crippen LogP contribution in [-0.4, -0.2) is 25.9 Å². The van der Waals surface area contributed by atoms with Crippen LogP contribution in [0.2, 0.25) is 0 Å². The molecule has 0 aliphatic rings. The lowest BCUT2D eigenvalue weighted by atomic mass is 10.2. The van der Waals surface area contributed by atoms with Crippen molar-refractivity contribution in [3.63, 3.8) is 0 Å². The van der Waals surface area contributed by atoms with E-state index in [2.05, 4.69) is 20.6 Å². The summed E-state index contributed by atoms with van der Waals surface area (Å²) in [6.45, 7) is 1.89. The van der Waals surface area contributed by atoms with Crippen molar-refractivity contribution in [3.8, 4) is 23.1 Å². The summed E-state index contributed by atoms with van der Waals surface area (Å²) in [6.07, 6.45) is 0.583. The minimum Gasteiger partial charge on any atom is -0.457 e. The molecule has 0 bridgehead atoms. The highest BCUT2D eigenvalue weighted by atomic mass is 16.5.